The summed E-state index contributed by atoms with van der Waals surface area (Å²) in [5.41, 5.74) is 2.25. The maximum absolute atomic E-state index is 6.02. The molecule has 2 nitrogen and oxygen atoms in total. The molecule has 1 aromatic carbocycles. The van der Waals surface area contributed by atoms with Crippen LogP contribution in [0.1, 0.15) is 55.0 Å². The van der Waals surface area contributed by atoms with Gasteiger partial charge in [-0.1, -0.05) is 49.6 Å². The van der Waals surface area contributed by atoms with E-state index in [0.29, 0.717) is 5.88 Å². The van der Waals surface area contributed by atoms with Gasteiger partial charge in [0.25, 0.3) is 0 Å². The van der Waals surface area contributed by atoms with E-state index in [4.69, 9.17) is 21.0 Å². The fourth-order valence-electron chi connectivity index (χ4n) is 3.19. The van der Waals surface area contributed by atoms with Crippen LogP contribution in [0.4, 0.5) is 0 Å². The molecule has 0 radical (unpaired) electrons. The first kappa shape index (κ1) is 14.6. The topological polar surface area (TPSA) is 26.0 Å². The molecule has 0 atom stereocenters. The van der Waals surface area contributed by atoms with Crippen molar-refractivity contribution in [1.82, 2.24) is 4.98 Å². The third-order valence-electron chi connectivity index (χ3n) is 4.35. The normalized spacial score (nSPS) is 16.2. The lowest BCUT2D eigenvalue weighted by atomic mass is 9.87. The molecule has 0 bridgehead atoms. The Kier molecular flexibility index (Phi) is 4.97. The van der Waals surface area contributed by atoms with Gasteiger partial charge in [-0.2, -0.15) is 0 Å². The summed E-state index contributed by atoms with van der Waals surface area (Å²) >= 11 is 6.02. The molecule has 0 aliphatic heterocycles. The summed E-state index contributed by atoms with van der Waals surface area (Å²) < 4.78 is 5.90. The van der Waals surface area contributed by atoms with Crippen LogP contribution in [0.25, 0.3) is 0 Å². The van der Waals surface area contributed by atoms with Crippen molar-refractivity contribution >= 4 is 11.6 Å². The van der Waals surface area contributed by atoms with Crippen LogP contribution in [0.2, 0.25) is 0 Å². The first-order valence-electron chi connectivity index (χ1n) is 7.92. The second-order valence-electron chi connectivity index (χ2n) is 5.98. The Balaban J connectivity index is 1.71. The molecule has 1 aliphatic rings. The van der Waals surface area contributed by atoms with Crippen LogP contribution >= 0.6 is 11.6 Å². The van der Waals surface area contributed by atoms with E-state index in [-0.39, 0.29) is 0 Å². The van der Waals surface area contributed by atoms with E-state index >= 15 is 0 Å². The van der Waals surface area contributed by atoms with E-state index in [1.165, 1.54) is 37.7 Å². The van der Waals surface area contributed by atoms with Crippen LogP contribution in [0, 0.1) is 5.92 Å². The highest BCUT2D eigenvalue weighted by Gasteiger charge is 2.19. The zero-order valence-corrected chi connectivity index (χ0v) is 13.1. The molecule has 2 aromatic rings. The second-order valence-corrected chi connectivity index (χ2v) is 6.25. The third kappa shape index (κ3) is 3.88. The van der Waals surface area contributed by atoms with Crippen LogP contribution in [0.5, 0.6) is 0 Å². The van der Waals surface area contributed by atoms with E-state index < -0.39 is 0 Å². The fraction of sp³-hybridized carbons (Fsp3) is 0.500. The molecule has 112 valence electrons. The number of aromatic nitrogens is 1. The number of rotatable bonds is 5. The number of nitrogens with zero attached hydrogens (tertiary/aromatic N) is 1. The van der Waals surface area contributed by atoms with Gasteiger partial charge in [0.15, 0.2) is 5.89 Å². The molecule has 0 saturated heterocycles. The van der Waals surface area contributed by atoms with Crippen molar-refractivity contribution in [2.24, 2.45) is 5.92 Å². The zero-order valence-electron chi connectivity index (χ0n) is 12.4. The molecule has 0 N–H and O–H groups in total. The van der Waals surface area contributed by atoms with Gasteiger partial charge in [-0.15, -0.1) is 11.6 Å². The van der Waals surface area contributed by atoms with Crippen molar-refractivity contribution in [2.75, 3.05) is 0 Å². The summed E-state index contributed by atoms with van der Waals surface area (Å²) in [6.45, 7) is 0. The van der Waals surface area contributed by atoms with Gasteiger partial charge in [0.2, 0.25) is 0 Å². The van der Waals surface area contributed by atoms with Gasteiger partial charge < -0.3 is 4.42 Å². The molecule has 1 saturated carbocycles. The van der Waals surface area contributed by atoms with Crippen molar-refractivity contribution in [3.63, 3.8) is 0 Å². The maximum atomic E-state index is 6.02. The van der Waals surface area contributed by atoms with Gasteiger partial charge in [0.1, 0.15) is 5.76 Å². The quantitative estimate of drug-likeness (QED) is 0.716. The number of halogens is 1. The second kappa shape index (κ2) is 7.13. The Morgan fingerprint density at radius 3 is 2.57 bits per heavy atom. The summed E-state index contributed by atoms with van der Waals surface area (Å²) in [6, 6.07) is 10.4. The first-order chi connectivity index (χ1) is 10.3. The molecule has 0 unspecified atom stereocenters. The van der Waals surface area contributed by atoms with Gasteiger partial charge >= 0.3 is 0 Å². The minimum Gasteiger partial charge on any atom is -0.444 e. The number of hydrogen-bond acceptors (Lipinski definition) is 2. The number of oxazole rings is 1. The van der Waals surface area contributed by atoms with Crippen molar-refractivity contribution < 1.29 is 4.42 Å². The SMILES string of the molecule is ClCc1oc(CC2CCCCC2)nc1Cc1ccccc1. The van der Waals surface area contributed by atoms with E-state index in [1.807, 2.05) is 6.07 Å². The number of alkyl halides is 1. The van der Waals surface area contributed by atoms with Gasteiger partial charge in [-0.05, 0) is 24.3 Å². The Hall–Kier alpha value is -1.28. The highest BCUT2D eigenvalue weighted by Crippen LogP contribution is 2.28. The van der Waals surface area contributed by atoms with Crippen molar-refractivity contribution in [3.05, 3.63) is 53.2 Å². The molecular formula is C18H22ClNO. The Bertz CT molecular complexity index is 558. The fourth-order valence-corrected chi connectivity index (χ4v) is 3.40. The minimum absolute atomic E-state index is 0.403. The van der Waals surface area contributed by atoms with Gasteiger partial charge in [-0.25, -0.2) is 4.98 Å². The molecule has 0 spiro atoms. The lowest BCUT2D eigenvalue weighted by Gasteiger charge is -2.19. The monoisotopic (exact) mass is 303 g/mol. The summed E-state index contributed by atoms with van der Waals surface area (Å²) in [4.78, 5) is 4.72. The van der Waals surface area contributed by atoms with Crippen LogP contribution in [0.3, 0.4) is 0 Å². The summed E-state index contributed by atoms with van der Waals surface area (Å²) in [7, 11) is 0. The Morgan fingerprint density at radius 1 is 1.10 bits per heavy atom. The first-order valence-corrected chi connectivity index (χ1v) is 8.46. The summed E-state index contributed by atoms with van der Waals surface area (Å²) in [5.74, 6) is 2.86. The van der Waals surface area contributed by atoms with Gasteiger partial charge in [0, 0.05) is 12.8 Å². The zero-order chi connectivity index (χ0) is 14.5. The standard InChI is InChI=1S/C18H22ClNO/c19-13-17-16(11-14-7-3-1-4-8-14)20-18(21-17)12-15-9-5-2-6-10-15/h1,3-4,7-8,15H,2,5-6,9-13H2. The molecule has 1 heterocycles. The largest absolute Gasteiger partial charge is 0.444 e. The van der Waals surface area contributed by atoms with Crippen LogP contribution in [-0.4, -0.2) is 4.98 Å². The average Bonchev–Trinajstić information content (AvgIpc) is 2.91. The Morgan fingerprint density at radius 2 is 1.86 bits per heavy atom. The van der Waals surface area contributed by atoms with E-state index in [0.717, 1.165) is 36.1 Å². The van der Waals surface area contributed by atoms with Crippen LogP contribution < -0.4 is 0 Å². The molecule has 21 heavy (non-hydrogen) atoms. The lowest BCUT2D eigenvalue weighted by molar-refractivity contribution is 0.326. The molecule has 0 amide bonds. The Labute approximate surface area is 131 Å². The lowest BCUT2D eigenvalue weighted by Crippen LogP contribution is -2.09. The van der Waals surface area contributed by atoms with E-state index in [1.54, 1.807) is 0 Å². The number of hydrogen-bond donors (Lipinski definition) is 0. The van der Waals surface area contributed by atoms with E-state index in [2.05, 4.69) is 24.3 Å². The molecule has 1 fully saturated rings. The highest BCUT2D eigenvalue weighted by molar-refractivity contribution is 6.16. The van der Waals surface area contributed by atoms with Crippen LogP contribution in [0.15, 0.2) is 34.7 Å². The summed E-state index contributed by atoms with van der Waals surface area (Å²) in [5, 5.41) is 0. The van der Waals surface area contributed by atoms with Gasteiger partial charge in [0.05, 0.1) is 11.6 Å². The molecule has 1 aromatic heterocycles. The predicted molar refractivity (Wildman–Crippen MR) is 85.6 cm³/mol. The van der Waals surface area contributed by atoms with Crippen molar-refractivity contribution in [2.45, 2.75) is 50.8 Å². The molecule has 1 aliphatic carbocycles. The summed E-state index contributed by atoms with van der Waals surface area (Å²) in [6.07, 6.45) is 8.48. The van der Waals surface area contributed by atoms with Crippen molar-refractivity contribution in [1.29, 1.82) is 0 Å². The maximum Gasteiger partial charge on any atom is 0.194 e. The van der Waals surface area contributed by atoms with E-state index in [9.17, 15) is 0 Å². The molecule has 3 heteroatoms. The highest BCUT2D eigenvalue weighted by atomic mass is 35.5. The third-order valence-corrected chi connectivity index (χ3v) is 4.59. The minimum atomic E-state index is 0.403. The smallest absolute Gasteiger partial charge is 0.194 e. The number of benzene rings is 1. The molecular weight excluding hydrogens is 282 g/mol. The predicted octanol–water partition coefficient (Wildman–Crippen LogP) is 5.13. The van der Waals surface area contributed by atoms with Gasteiger partial charge in [-0.3, -0.25) is 0 Å². The van der Waals surface area contributed by atoms with Crippen molar-refractivity contribution in [3.8, 4) is 0 Å². The van der Waals surface area contributed by atoms with Crippen LogP contribution in [-0.2, 0) is 18.7 Å². The molecule has 3 rings (SSSR count). The average molecular weight is 304 g/mol.